The predicted molar refractivity (Wildman–Crippen MR) is 113 cm³/mol. The zero-order chi connectivity index (χ0) is 19.9. The summed E-state index contributed by atoms with van der Waals surface area (Å²) < 4.78 is 7.24. The van der Waals surface area contributed by atoms with Crippen LogP contribution in [0.25, 0.3) is 16.8 Å². The van der Waals surface area contributed by atoms with Crippen LogP contribution < -0.4 is 4.90 Å². The second-order valence-corrected chi connectivity index (χ2v) is 7.38. The molecule has 8 nitrogen and oxygen atoms in total. The summed E-state index contributed by atoms with van der Waals surface area (Å²) in [7, 11) is 0. The van der Waals surface area contributed by atoms with E-state index in [1.54, 1.807) is 17.2 Å². The van der Waals surface area contributed by atoms with Gasteiger partial charge in [-0.05, 0) is 29.3 Å². The van der Waals surface area contributed by atoms with E-state index in [1.165, 1.54) is 5.56 Å². The number of anilines is 1. The lowest BCUT2D eigenvalue weighted by atomic mass is 9.97. The van der Waals surface area contributed by atoms with Crippen molar-refractivity contribution in [3.8, 4) is 11.1 Å². The van der Waals surface area contributed by atoms with Gasteiger partial charge in [-0.25, -0.2) is 19.5 Å². The monoisotopic (exact) mass is 397 g/mol. The van der Waals surface area contributed by atoms with Crippen LogP contribution in [-0.4, -0.2) is 56.6 Å². The third-order valence-corrected chi connectivity index (χ3v) is 5.61. The molecular weight excluding hydrogens is 378 g/mol. The van der Waals surface area contributed by atoms with Gasteiger partial charge in [-0.3, -0.25) is 4.99 Å². The molecule has 0 amide bonds. The molecule has 1 fully saturated rings. The van der Waals surface area contributed by atoms with Gasteiger partial charge in [0.15, 0.2) is 5.65 Å². The Morgan fingerprint density at radius 3 is 2.70 bits per heavy atom. The molecule has 0 atom stereocenters. The van der Waals surface area contributed by atoms with Crippen molar-refractivity contribution in [3.63, 3.8) is 0 Å². The topological polar surface area (TPSA) is 80.8 Å². The largest absolute Gasteiger partial charge is 0.378 e. The molecule has 0 unspecified atom stereocenters. The summed E-state index contributed by atoms with van der Waals surface area (Å²) in [5.74, 6) is 0.923. The van der Waals surface area contributed by atoms with Gasteiger partial charge >= 0.3 is 0 Å². The Kier molecular flexibility index (Phi) is 4.02. The lowest BCUT2D eigenvalue weighted by Crippen LogP contribution is -2.36. The van der Waals surface area contributed by atoms with E-state index in [9.17, 15) is 0 Å². The van der Waals surface area contributed by atoms with Crippen LogP contribution in [0.3, 0.4) is 0 Å². The van der Waals surface area contributed by atoms with Crippen LogP contribution in [0, 0.1) is 0 Å². The molecule has 148 valence electrons. The number of benzene rings is 1. The number of fused-ring (bicyclic) bond motifs is 2. The Bertz CT molecular complexity index is 1270. The molecule has 0 radical (unpaired) electrons. The molecule has 5 heterocycles. The molecule has 2 aliphatic rings. The van der Waals surface area contributed by atoms with Crippen molar-refractivity contribution in [1.82, 2.24) is 24.6 Å². The molecule has 8 heteroatoms. The summed E-state index contributed by atoms with van der Waals surface area (Å²) in [5.41, 5.74) is 7.14. The van der Waals surface area contributed by atoms with Crippen molar-refractivity contribution in [2.75, 3.05) is 31.2 Å². The van der Waals surface area contributed by atoms with Gasteiger partial charge in [0.05, 0.1) is 31.2 Å². The van der Waals surface area contributed by atoms with Crippen molar-refractivity contribution in [3.05, 3.63) is 72.1 Å². The SMILES string of the molecule is c1nc(C2=NCc3ccc(-c4ccc5ncnn5c4)cc32)cc(N2CCOCC2)n1. The quantitative estimate of drug-likeness (QED) is 0.528. The van der Waals surface area contributed by atoms with Crippen LogP contribution >= 0.6 is 0 Å². The molecular formula is C22H19N7O. The van der Waals surface area contributed by atoms with Crippen LogP contribution in [0.4, 0.5) is 5.82 Å². The Morgan fingerprint density at radius 2 is 1.77 bits per heavy atom. The zero-order valence-corrected chi connectivity index (χ0v) is 16.3. The van der Waals surface area contributed by atoms with Crippen molar-refractivity contribution in [2.45, 2.75) is 6.54 Å². The molecule has 0 N–H and O–H groups in total. The Balaban J connectivity index is 1.36. The molecule has 1 saturated heterocycles. The van der Waals surface area contributed by atoms with Gasteiger partial charge in [-0.15, -0.1) is 0 Å². The number of morpholine rings is 1. The Morgan fingerprint density at radius 1 is 0.867 bits per heavy atom. The molecule has 0 aliphatic carbocycles. The summed E-state index contributed by atoms with van der Waals surface area (Å²) in [6.45, 7) is 3.80. The molecule has 0 bridgehead atoms. The first-order chi connectivity index (χ1) is 14.8. The number of nitrogens with zero attached hydrogens (tertiary/aromatic N) is 7. The van der Waals surface area contributed by atoms with Crippen molar-refractivity contribution < 1.29 is 4.74 Å². The zero-order valence-electron chi connectivity index (χ0n) is 16.3. The fourth-order valence-electron chi connectivity index (χ4n) is 4.01. The maximum absolute atomic E-state index is 5.46. The minimum absolute atomic E-state index is 0.671. The third-order valence-electron chi connectivity index (χ3n) is 5.61. The van der Waals surface area contributed by atoms with E-state index in [1.807, 2.05) is 18.3 Å². The van der Waals surface area contributed by atoms with Gasteiger partial charge in [0, 0.05) is 36.5 Å². The van der Waals surface area contributed by atoms with Crippen LogP contribution in [0.2, 0.25) is 0 Å². The first-order valence-corrected chi connectivity index (χ1v) is 9.98. The number of hydrogen-bond donors (Lipinski definition) is 0. The summed E-state index contributed by atoms with van der Waals surface area (Å²) >= 11 is 0. The minimum Gasteiger partial charge on any atom is -0.378 e. The second kappa shape index (κ2) is 7.00. The van der Waals surface area contributed by atoms with Gasteiger partial charge in [0.2, 0.25) is 0 Å². The van der Waals surface area contributed by atoms with Gasteiger partial charge < -0.3 is 9.64 Å². The third kappa shape index (κ3) is 2.93. The smallest absolute Gasteiger partial charge is 0.155 e. The van der Waals surface area contributed by atoms with Crippen LogP contribution in [0.1, 0.15) is 16.8 Å². The van der Waals surface area contributed by atoms with Crippen LogP contribution in [0.5, 0.6) is 0 Å². The molecule has 1 aromatic carbocycles. The molecule has 2 aliphatic heterocycles. The standard InChI is InChI=1S/C22H19N7O/c1-2-16-11-23-22(19-10-21(25-13-24-19)28-5-7-30-8-6-28)18(16)9-15(1)17-3-4-20-26-14-27-29(20)12-17/h1-4,9-10,12-14H,5-8,11H2. The maximum atomic E-state index is 5.46. The van der Waals surface area contributed by atoms with E-state index in [2.05, 4.69) is 49.2 Å². The number of aliphatic imine (C=N–C) groups is 1. The normalized spacial score (nSPS) is 16.0. The Labute approximate surface area is 172 Å². The van der Waals surface area contributed by atoms with E-state index in [-0.39, 0.29) is 0 Å². The van der Waals surface area contributed by atoms with Crippen LogP contribution in [0.15, 0.2) is 60.2 Å². The number of hydrogen-bond acceptors (Lipinski definition) is 7. The van der Waals surface area contributed by atoms with Crippen molar-refractivity contribution >= 4 is 17.2 Å². The number of aromatic nitrogens is 5. The average Bonchev–Trinajstić information content (AvgIpc) is 3.45. The summed E-state index contributed by atoms with van der Waals surface area (Å²) in [5, 5.41) is 4.25. The molecule has 4 aromatic rings. The van der Waals surface area contributed by atoms with Gasteiger partial charge in [0.25, 0.3) is 0 Å². The first-order valence-electron chi connectivity index (χ1n) is 9.98. The number of ether oxygens (including phenoxy) is 1. The lowest BCUT2D eigenvalue weighted by Gasteiger charge is -2.27. The van der Waals surface area contributed by atoms with E-state index in [4.69, 9.17) is 9.73 Å². The summed E-state index contributed by atoms with van der Waals surface area (Å²) in [4.78, 5) is 20.2. The fraction of sp³-hybridized carbons (Fsp3) is 0.227. The molecule has 30 heavy (non-hydrogen) atoms. The highest BCUT2D eigenvalue weighted by atomic mass is 16.5. The minimum atomic E-state index is 0.671. The summed E-state index contributed by atoms with van der Waals surface area (Å²) in [6.07, 6.45) is 5.19. The van der Waals surface area contributed by atoms with E-state index in [0.717, 1.165) is 65.9 Å². The number of pyridine rings is 1. The van der Waals surface area contributed by atoms with Crippen molar-refractivity contribution in [2.24, 2.45) is 4.99 Å². The second-order valence-electron chi connectivity index (χ2n) is 7.38. The number of rotatable bonds is 3. The van der Waals surface area contributed by atoms with E-state index >= 15 is 0 Å². The average molecular weight is 397 g/mol. The van der Waals surface area contributed by atoms with E-state index in [0.29, 0.717) is 6.54 Å². The van der Waals surface area contributed by atoms with Gasteiger partial charge in [0.1, 0.15) is 18.5 Å². The highest BCUT2D eigenvalue weighted by Crippen LogP contribution is 2.29. The van der Waals surface area contributed by atoms with Gasteiger partial charge in [-0.2, -0.15) is 5.10 Å². The van der Waals surface area contributed by atoms with E-state index < -0.39 is 0 Å². The highest BCUT2D eigenvalue weighted by Gasteiger charge is 2.21. The first kappa shape index (κ1) is 17.2. The lowest BCUT2D eigenvalue weighted by molar-refractivity contribution is 0.122. The molecule has 0 saturated carbocycles. The Hall–Kier alpha value is -3.65. The fourth-order valence-corrected chi connectivity index (χ4v) is 4.01. The molecule has 3 aromatic heterocycles. The van der Waals surface area contributed by atoms with Gasteiger partial charge in [-0.1, -0.05) is 12.1 Å². The predicted octanol–water partition coefficient (Wildman–Crippen LogP) is 2.37. The maximum Gasteiger partial charge on any atom is 0.155 e. The van der Waals surface area contributed by atoms with Crippen LogP contribution in [-0.2, 0) is 11.3 Å². The molecule has 0 spiro atoms. The summed E-state index contributed by atoms with van der Waals surface area (Å²) in [6, 6.07) is 12.6. The highest BCUT2D eigenvalue weighted by molar-refractivity contribution is 6.14. The van der Waals surface area contributed by atoms with Crippen molar-refractivity contribution in [1.29, 1.82) is 0 Å². The molecule has 6 rings (SSSR count).